The molecule has 0 aromatic carbocycles. The molecule has 1 atom stereocenters. The van der Waals surface area contributed by atoms with Crippen LogP contribution in [-0.4, -0.2) is 51.9 Å². The molecule has 2 aromatic rings. The predicted molar refractivity (Wildman–Crippen MR) is 105 cm³/mol. The summed E-state index contributed by atoms with van der Waals surface area (Å²) in [4.78, 5) is 28.3. The number of likely N-dealkylation sites (tertiary alicyclic amines) is 1. The average Bonchev–Trinajstić information content (AvgIpc) is 3.17. The molecule has 0 bridgehead atoms. The van der Waals surface area contributed by atoms with E-state index in [1.165, 1.54) is 6.92 Å². The van der Waals surface area contributed by atoms with Crippen LogP contribution in [0.15, 0.2) is 24.4 Å². The summed E-state index contributed by atoms with van der Waals surface area (Å²) in [6.07, 6.45) is -2.66. The molecule has 1 N–H and O–H groups in total. The predicted octanol–water partition coefficient (Wildman–Crippen LogP) is 2.93. The highest BCUT2D eigenvalue weighted by Gasteiger charge is 2.32. The molecule has 0 aliphatic carbocycles. The summed E-state index contributed by atoms with van der Waals surface area (Å²) in [6.45, 7) is 3.64. The van der Waals surface area contributed by atoms with Gasteiger partial charge in [0.15, 0.2) is 0 Å². The van der Waals surface area contributed by atoms with Crippen molar-refractivity contribution in [2.75, 3.05) is 36.4 Å². The van der Waals surface area contributed by atoms with E-state index < -0.39 is 11.7 Å². The highest BCUT2D eigenvalue weighted by atomic mass is 19.4. The maximum Gasteiger partial charge on any atom is 0.416 e. The number of nitriles is 1. The summed E-state index contributed by atoms with van der Waals surface area (Å²) in [7, 11) is 0. The number of halogens is 3. The van der Waals surface area contributed by atoms with Crippen molar-refractivity contribution in [1.82, 2.24) is 19.9 Å². The number of alkyl halides is 3. The van der Waals surface area contributed by atoms with Gasteiger partial charge in [0, 0.05) is 51.3 Å². The molecule has 2 saturated heterocycles. The van der Waals surface area contributed by atoms with E-state index in [-0.39, 0.29) is 23.6 Å². The van der Waals surface area contributed by atoms with Crippen molar-refractivity contribution in [1.29, 1.82) is 5.26 Å². The number of nitrogens with zero attached hydrogens (tertiary/aromatic N) is 6. The largest absolute Gasteiger partial charge is 0.416 e. The van der Waals surface area contributed by atoms with Crippen LogP contribution in [0.1, 0.15) is 30.5 Å². The molecule has 0 spiro atoms. The van der Waals surface area contributed by atoms with Gasteiger partial charge in [-0.15, -0.1) is 0 Å². The van der Waals surface area contributed by atoms with Gasteiger partial charge < -0.3 is 15.1 Å². The van der Waals surface area contributed by atoms with Crippen LogP contribution in [0.3, 0.4) is 0 Å². The first-order valence-electron chi connectivity index (χ1n) is 9.82. The first-order valence-corrected chi connectivity index (χ1v) is 9.82. The zero-order valence-electron chi connectivity index (χ0n) is 16.7. The van der Waals surface area contributed by atoms with Crippen molar-refractivity contribution in [3.63, 3.8) is 0 Å². The van der Waals surface area contributed by atoms with E-state index in [4.69, 9.17) is 5.26 Å². The fourth-order valence-electron chi connectivity index (χ4n) is 3.69. The standard InChI is InChI=1S/C20H20F3N7O/c1-12(31)29-5-3-14(11-29)16-7-18(28-19(26-16)30-9-13(8-24)10-30)27-17-6-15(2-4-25-17)20(21,22)23/h2,4,6-7,13-14H,3,5,9-11H2,1H3,(H,25,26,27,28). The maximum absolute atomic E-state index is 13.0. The summed E-state index contributed by atoms with van der Waals surface area (Å²) in [5, 5.41) is 11.9. The lowest BCUT2D eigenvalue weighted by molar-refractivity contribution is -0.137. The number of nitrogens with one attached hydrogen (secondary N) is 1. The van der Waals surface area contributed by atoms with Crippen molar-refractivity contribution in [3.8, 4) is 6.07 Å². The Kier molecular flexibility index (Phi) is 5.39. The summed E-state index contributed by atoms with van der Waals surface area (Å²) >= 11 is 0. The lowest BCUT2D eigenvalue weighted by atomic mass is 10.0. The van der Waals surface area contributed by atoms with Crippen molar-refractivity contribution in [3.05, 3.63) is 35.7 Å². The molecule has 0 radical (unpaired) electrons. The first-order chi connectivity index (χ1) is 14.7. The van der Waals surface area contributed by atoms with Crippen LogP contribution in [0, 0.1) is 17.2 Å². The molecule has 1 unspecified atom stereocenters. The molecule has 4 rings (SSSR count). The van der Waals surface area contributed by atoms with Gasteiger partial charge in [0.2, 0.25) is 11.9 Å². The zero-order valence-corrected chi connectivity index (χ0v) is 16.7. The Morgan fingerprint density at radius 1 is 1.23 bits per heavy atom. The Morgan fingerprint density at radius 3 is 2.65 bits per heavy atom. The molecule has 2 fully saturated rings. The number of hydrogen-bond donors (Lipinski definition) is 1. The van der Waals surface area contributed by atoms with Crippen LogP contribution in [0.2, 0.25) is 0 Å². The molecule has 0 saturated carbocycles. The smallest absolute Gasteiger partial charge is 0.342 e. The fourth-order valence-corrected chi connectivity index (χ4v) is 3.69. The quantitative estimate of drug-likeness (QED) is 0.795. The molecule has 11 heteroatoms. The number of anilines is 3. The molecule has 2 aliphatic heterocycles. The minimum absolute atomic E-state index is 0.00583. The Morgan fingerprint density at radius 2 is 2.00 bits per heavy atom. The minimum atomic E-state index is -4.48. The average molecular weight is 431 g/mol. The van der Waals surface area contributed by atoms with Crippen LogP contribution in [0.25, 0.3) is 0 Å². The Balaban J connectivity index is 1.62. The van der Waals surface area contributed by atoms with E-state index in [9.17, 15) is 18.0 Å². The third kappa shape index (κ3) is 4.52. The maximum atomic E-state index is 13.0. The summed E-state index contributed by atoms with van der Waals surface area (Å²) in [6, 6.07) is 5.69. The van der Waals surface area contributed by atoms with Crippen LogP contribution in [0.5, 0.6) is 0 Å². The number of hydrogen-bond acceptors (Lipinski definition) is 7. The van der Waals surface area contributed by atoms with Gasteiger partial charge in [0.05, 0.1) is 23.2 Å². The van der Waals surface area contributed by atoms with E-state index in [0.717, 1.165) is 24.8 Å². The zero-order chi connectivity index (χ0) is 22.2. The summed E-state index contributed by atoms with van der Waals surface area (Å²) in [5.74, 6) is 0.610. The third-order valence-corrected chi connectivity index (χ3v) is 5.48. The van der Waals surface area contributed by atoms with Gasteiger partial charge in [0.25, 0.3) is 0 Å². The SMILES string of the molecule is CC(=O)N1CCC(c2cc(Nc3cc(C(F)(F)F)ccn3)nc(N3CC(C#N)C3)n2)C1. The highest BCUT2D eigenvalue weighted by Crippen LogP contribution is 2.33. The summed E-state index contributed by atoms with van der Waals surface area (Å²) < 4.78 is 39.1. The Bertz CT molecular complexity index is 1030. The molecular weight excluding hydrogens is 411 g/mol. The second-order valence-electron chi connectivity index (χ2n) is 7.71. The Labute approximate surface area is 176 Å². The summed E-state index contributed by atoms with van der Waals surface area (Å²) in [5.41, 5.74) is -0.115. The molecule has 2 aromatic heterocycles. The van der Waals surface area contributed by atoms with E-state index in [1.54, 1.807) is 11.0 Å². The van der Waals surface area contributed by atoms with Crippen molar-refractivity contribution >= 4 is 23.5 Å². The van der Waals surface area contributed by atoms with Gasteiger partial charge in [0.1, 0.15) is 11.6 Å². The number of pyridine rings is 1. The second kappa shape index (κ2) is 8.02. The van der Waals surface area contributed by atoms with Crippen LogP contribution in [-0.2, 0) is 11.0 Å². The van der Waals surface area contributed by atoms with E-state index in [2.05, 4.69) is 26.3 Å². The molecule has 4 heterocycles. The first kappa shape index (κ1) is 20.8. The van der Waals surface area contributed by atoms with Gasteiger partial charge in [-0.2, -0.15) is 23.4 Å². The monoisotopic (exact) mass is 431 g/mol. The van der Waals surface area contributed by atoms with Gasteiger partial charge in [-0.3, -0.25) is 4.79 Å². The normalized spacial score (nSPS) is 19.1. The fraction of sp³-hybridized carbons (Fsp3) is 0.450. The lowest BCUT2D eigenvalue weighted by Crippen LogP contribution is -2.47. The van der Waals surface area contributed by atoms with Crippen molar-refractivity contribution in [2.24, 2.45) is 5.92 Å². The third-order valence-electron chi connectivity index (χ3n) is 5.48. The van der Waals surface area contributed by atoms with Crippen LogP contribution >= 0.6 is 0 Å². The molecular formula is C20H20F3N7O. The van der Waals surface area contributed by atoms with Gasteiger partial charge >= 0.3 is 6.18 Å². The highest BCUT2D eigenvalue weighted by molar-refractivity contribution is 5.73. The molecule has 162 valence electrons. The lowest BCUT2D eigenvalue weighted by Gasteiger charge is -2.35. The number of carbonyl (C=O) groups excluding carboxylic acids is 1. The van der Waals surface area contributed by atoms with Gasteiger partial charge in [-0.25, -0.2) is 9.97 Å². The van der Waals surface area contributed by atoms with Crippen molar-refractivity contribution in [2.45, 2.75) is 25.4 Å². The van der Waals surface area contributed by atoms with E-state index in [0.29, 0.717) is 43.6 Å². The molecule has 1 amide bonds. The minimum Gasteiger partial charge on any atom is -0.342 e. The van der Waals surface area contributed by atoms with E-state index >= 15 is 0 Å². The number of aromatic nitrogens is 3. The van der Waals surface area contributed by atoms with Gasteiger partial charge in [-0.05, 0) is 18.6 Å². The molecule has 8 nitrogen and oxygen atoms in total. The number of carbonyl (C=O) groups is 1. The van der Waals surface area contributed by atoms with E-state index in [1.807, 2.05) is 4.90 Å². The second-order valence-corrected chi connectivity index (χ2v) is 7.71. The van der Waals surface area contributed by atoms with Gasteiger partial charge in [-0.1, -0.05) is 0 Å². The topological polar surface area (TPSA) is 98.0 Å². The Hall–Kier alpha value is -3.42. The van der Waals surface area contributed by atoms with Crippen LogP contribution < -0.4 is 10.2 Å². The number of amides is 1. The number of rotatable bonds is 4. The van der Waals surface area contributed by atoms with Crippen molar-refractivity contribution < 1.29 is 18.0 Å². The molecule has 2 aliphatic rings. The van der Waals surface area contributed by atoms with Crippen LogP contribution in [0.4, 0.5) is 30.8 Å². The molecule has 31 heavy (non-hydrogen) atoms.